The van der Waals surface area contributed by atoms with E-state index >= 15 is 0 Å². The number of methoxy groups -OCH3 is 1. The summed E-state index contributed by atoms with van der Waals surface area (Å²) in [4.78, 5) is 14.6. The Hall–Kier alpha value is -1.71. The standard InChI is InChI=1S/C16H26N2O2/c1-11(2)9-18(10-12(3)4)16(19)15-13(17)7-6-8-14(15)20-5/h6-8,11-12H,9-10,17H2,1-5H3. The number of anilines is 1. The minimum absolute atomic E-state index is 0.0534. The summed E-state index contributed by atoms with van der Waals surface area (Å²) < 4.78 is 5.28. The van der Waals surface area contributed by atoms with Crippen LogP contribution in [0.15, 0.2) is 18.2 Å². The van der Waals surface area contributed by atoms with Crippen LogP contribution in [0.3, 0.4) is 0 Å². The van der Waals surface area contributed by atoms with Gasteiger partial charge < -0.3 is 15.4 Å². The minimum atomic E-state index is -0.0534. The Kier molecular flexibility index (Phi) is 5.86. The zero-order valence-corrected chi connectivity index (χ0v) is 13.1. The van der Waals surface area contributed by atoms with Crippen molar-refractivity contribution in [1.29, 1.82) is 0 Å². The van der Waals surface area contributed by atoms with Gasteiger partial charge in [-0.15, -0.1) is 0 Å². The van der Waals surface area contributed by atoms with Crippen LogP contribution >= 0.6 is 0 Å². The molecular weight excluding hydrogens is 252 g/mol. The molecule has 0 spiro atoms. The van der Waals surface area contributed by atoms with Crippen molar-refractivity contribution in [3.8, 4) is 5.75 Å². The van der Waals surface area contributed by atoms with Crippen molar-refractivity contribution in [2.45, 2.75) is 27.7 Å². The molecule has 0 heterocycles. The van der Waals surface area contributed by atoms with Crippen molar-refractivity contribution in [1.82, 2.24) is 4.90 Å². The van der Waals surface area contributed by atoms with E-state index in [4.69, 9.17) is 10.5 Å². The first kappa shape index (κ1) is 16.3. The van der Waals surface area contributed by atoms with E-state index in [1.54, 1.807) is 25.3 Å². The van der Waals surface area contributed by atoms with Gasteiger partial charge in [-0.05, 0) is 24.0 Å². The highest BCUT2D eigenvalue weighted by atomic mass is 16.5. The number of benzene rings is 1. The lowest BCUT2D eigenvalue weighted by molar-refractivity contribution is 0.0713. The van der Waals surface area contributed by atoms with Gasteiger partial charge in [0.25, 0.3) is 5.91 Å². The van der Waals surface area contributed by atoms with Crippen LogP contribution in [0.1, 0.15) is 38.1 Å². The highest BCUT2D eigenvalue weighted by molar-refractivity contribution is 6.01. The number of nitrogen functional groups attached to an aromatic ring is 1. The topological polar surface area (TPSA) is 55.6 Å². The Balaban J connectivity index is 3.11. The fourth-order valence-corrected chi connectivity index (χ4v) is 2.23. The molecule has 112 valence electrons. The predicted octanol–water partition coefficient (Wildman–Crippen LogP) is 3.03. The average molecular weight is 278 g/mol. The lowest BCUT2D eigenvalue weighted by Crippen LogP contribution is -2.37. The molecule has 0 aliphatic rings. The van der Waals surface area contributed by atoms with Gasteiger partial charge in [-0.2, -0.15) is 0 Å². The average Bonchev–Trinajstić information content (AvgIpc) is 2.35. The third-order valence-corrected chi connectivity index (χ3v) is 2.95. The van der Waals surface area contributed by atoms with Gasteiger partial charge in [-0.25, -0.2) is 0 Å². The van der Waals surface area contributed by atoms with Crippen LogP contribution in [0.4, 0.5) is 5.69 Å². The van der Waals surface area contributed by atoms with E-state index in [2.05, 4.69) is 27.7 Å². The van der Waals surface area contributed by atoms with E-state index in [1.807, 2.05) is 4.90 Å². The third-order valence-electron chi connectivity index (χ3n) is 2.95. The second-order valence-electron chi connectivity index (χ2n) is 5.92. The molecule has 0 saturated carbocycles. The van der Waals surface area contributed by atoms with Crippen LogP contribution in [0, 0.1) is 11.8 Å². The largest absolute Gasteiger partial charge is 0.496 e. The molecule has 0 aliphatic carbocycles. The minimum Gasteiger partial charge on any atom is -0.496 e. The number of ether oxygens (including phenoxy) is 1. The Morgan fingerprint density at radius 3 is 2.20 bits per heavy atom. The van der Waals surface area contributed by atoms with Gasteiger partial charge in [-0.1, -0.05) is 33.8 Å². The van der Waals surface area contributed by atoms with Gasteiger partial charge in [0.2, 0.25) is 0 Å². The van der Waals surface area contributed by atoms with Crippen molar-refractivity contribution >= 4 is 11.6 Å². The molecule has 1 aromatic rings. The van der Waals surface area contributed by atoms with Crippen molar-refractivity contribution in [2.24, 2.45) is 11.8 Å². The summed E-state index contributed by atoms with van der Waals surface area (Å²) in [5.74, 6) is 1.30. The number of rotatable bonds is 6. The van der Waals surface area contributed by atoms with Gasteiger partial charge in [0, 0.05) is 18.8 Å². The number of nitrogens with two attached hydrogens (primary N) is 1. The zero-order chi connectivity index (χ0) is 15.3. The maximum absolute atomic E-state index is 12.8. The van der Waals surface area contributed by atoms with Crippen LogP contribution in [0.5, 0.6) is 5.75 Å². The van der Waals surface area contributed by atoms with Gasteiger partial charge in [-0.3, -0.25) is 4.79 Å². The molecule has 0 radical (unpaired) electrons. The number of amides is 1. The maximum atomic E-state index is 12.8. The van der Waals surface area contributed by atoms with Gasteiger partial charge >= 0.3 is 0 Å². The van der Waals surface area contributed by atoms with Crippen LogP contribution < -0.4 is 10.5 Å². The molecule has 0 atom stereocenters. The van der Waals surface area contributed by atoms with Crippen molar-refractivity contribution in [3.05, 3.63) is 23.8 Å². The highest BCUT2D eigenvalue weighted by Crippen LogP contribution is 2.26. The van der Waals surface area contributed by atoms with E-state index in [9.17, 15) is 4.79 Å². The normalized spacial score (nSPS) is 10.9. The fraction of sp³-hybridized carbons (Fsp3) is 0.562. The first-order valence-electron chi connectivity index (χ1n) is 7.08. The first-order valence-corrected chi connectivity index (χ1v) is 7.08. The molecule has 1 rings (SSSR count). The van der Waals surface area contributed by atoms with Crippen molar-refractivity contribution in [3.63, 3.8) is 0 Å². The summed E-state index contributed by atoms with van der Waals surface area (Å²) in [6.07, 6.45) is 0. The number of carbonyl (C=O) groups is 1. The molecule has 0 aromatic heterocycles. The molecule has 2 N–H and O–H groups in total. The number of hydrogen-bond acceptors (Lipinski definition) is 3. The molecular formula is C16H26N2O2. The fourth-order valence-electron chi connectivity index (χ4n) is 2.23. The molecule has 0 fully saturated rings. The predicted molar refractivity (Wildman–Crippen MR) is 83.0 cm³/mol. The van der Waals surface area contributed by atoms with Gasteiger partial charge in [0.15, 0.2) is 0 Å². The molecule has 1 aromatic carbocycles. The maximum Gasteiger partial charge on any atom is 0.259 e. The summed E-state index contributed by atoms with van der Waals surface area (Å²) in [5, 5.41) is 0. The molecule has 0 bridgehead atoms. The summed E-state index contributed by atoms with van der Waals surface area (Å²) in [5.41, 5.74) is 6.90. The third kappa shape index (κ3) is 4.15. The summed E-state index contributed by atoms with van der Waals surface area (Å²) >= 11 is 0. The van der Waals surface area contributed by atoms with E-state index in [0.717, 1.165) is 0 Å². The SMILES string of the molecule is COc1cccc(N)c1C(=O)N(CC(C)C)CC(C)C. The van der Waals surface area contributed by atoms with Gasteiger partial charge in [0.05, 0.1) is 7.11 Å². The summed E-state index contributed by atoms with van der Waals surface area (Å²) in [6.45, 7) is 9.85. The Bertz CT molecular complexity index is 446. The van der Waals surface area contributed by atoms with E-state index in [0.29, 0.717) is 41.9 Å². The molecule has 20 heavy (non-hydrogen) atoms. The Morgan fingerprint density at radius 2 is 1.75 bits per heavy atom. The van der Waals surface area contributed by atoms with E-state index < -0.39 is 0 Å². The summed E-state index contributed by atoms with van der Waals surface area (Å²) in [6, 6.07) is 5.30. The van der Waals surface area contributed by atoms with Crippen molar-refractivity contribution < 1.29 is 9.53 Å². The second-order valence-corrected chi connectivity index (χ2v) is 5.92. The number of nitrogens with zero attached hydrogens (tertiary/aromatic N) is 1. The monoisotopic (exact) mass is 278 g/mol. The molecule has 0 saturated heterocycles. The van der Waals surface area contributed by atoms with E-state index in [1.165, 1.54) is 0 Å². The van der Waals surface area contributed by atoms with Crippen LogP contribution in [0.25, 0.3) is 0 Å². The smallest absolute Gasteiger partial charge is 0.259 e. The van der Waals surface area contributed by atoms with Crippen LogP contribution in [-0.4, -0.2) is 31.0 Å². The van der Waals surface area contributed by atoms with E-state index in [-0.39, 0.29) is 5.91 Å². The van der Waals surface area contributed by atoms with Gasteiger partial charge in [0.1, 0.15) is 11.3 Å². The van der Waals surface area contributed by atoms with Crippen LogP contribution in [0.2, 0.25) is 0 Å². The quantitative estimate of drug-likeness (QED) is 0.814. The molecule has 4 heteroatoms. The first-order chi connectivity index (χ1) is 9.36. The van der Waals surface area contributed by atoms with Crippen molar-refractivity contribution in [2.75, 3.05) is 25.9 Å². The molecule has 1 amide bonds. The number of hydrogen-bond donors (Lipinski definition) is 1. The Labute approximate surface area is 121 Å². The lowest BCUT2D eigenvalue weighted by Gasteiger charge is -2.27. The molecule has 4 nitrogen and oxygen atoms in total. The Morgan fingerprint density at radius 1 is 1.20 bits per heavy atom. The van der Waals surface area contributed by atoms with Crippen LogP contribution in [-0.2, 0) is 0 Å². The highest BCUT2D eigenvalue weighted by Gasteiger charge is 2.23. The molecule has 0 unspecified atom stereocenters. The molecule has 0 aliphatic heterocycles. The zero-order valence-electron chi connectivity index (χ0n) is 13.1. The summed E-state index contributed by atoms with van der Waals surface area (Å²) in [7, 11) is 1.56. The number of carbonyl (C=O) groups excluding carboxylic acids is 1. The second kappa shape index (κ2) is 7.17. The lowest BCUT2D eigenvalue weighted by atomic mass is 10.1.